The van der Waals surface area contributed by atoms with E-state index < -0.39 is 36.9 Å². The Hall–Kier alpha value is -0.990. The van der Waals surface area contributed by atoms with Crippen LogP contribution in [0.15, 0.2) is 15.8 Å². The van der Waals surface area contributed by atoms with Crippen molar-refractivity contribution in [2.24, 2.45) is 0 Å². The summed E-state index contributed by atoms with van der Waals surface area (Å²) in [6.45, 7) is 1.22. The zero-order valence-electron chi connectivity index (χ0n) is 10.6. The third-order valence-corrected chi connectivity index (χ3v) is 3.78. The maximum Gasteiger partial charge on any atom is 0.582 e. The Balaban J connectivity index is 2.27. The van der Waals surface area contributed by atoms with E-state index in [0.29, 0.717) is 5.56 Å². The van der Waals surface area contributed by atoms with E-state index in [4.69, 9.17) is 9.26 Å². The van der Waals surface area contributed by atoms with Gasteiger partial charge in [0.05, 0.1) is 6.61 Å². The van der Waals surface area contributed by atoms with Crippen molar-refractivity contribution < 1.29 is 18.9 Å². The number of hydrogen-bond acceptors (Lipinski definition) is 6. The molecule has 2 N–H and O–H groups in total. The molecule has 0 aromatic carbocycles. The Morgan fingerprint density at radius 3 is 2.95 bits per heavy atom. The first-order chi connectivity index (χ1) is 9.42. The highest BCUT2D eigenvalue weighted by Crippen LogP contribution is 2.38. The van der Waals surface area contributed by atoms with Crippen molar-refractivity contribution in [2.75, 3.05) is 6.61 Å². The van der Waals surface area contributed by atoms with Crippen LogP contribution in [0.25, 0.3) is 0 Å². The summed E-state index contributed by atoms with van der Waals surface area (Å²) < 4.78 is 22.8. The van der Waals surface area contributed by atoms with E-state index in [-0.39, 0.29) is 13.0 Å². The molecule has 0 spiro atoms. The van der Waals surface area contributed by atoms with Crippen molar-refractivity contribution in [1.82, 2.24) is 9.55 Å². The van der Waals surface area contributed by atoms with Crippen LogP contribution in [0, 0.1) is 6.92 Å². The van der Waals surface area contributed by atoms with Gasteiger partial charge in [-0.15, -0.1) is 4.52 Å². The largest absolute Gasteiger partial charge is 0.582 e. The molecule has 4 atom stereocenters. The molecule has 1 aliphatic rings. The van der Waals surface area contributed by atoms with E-state index in [0.717, 1.165) is 0 Å². The lowest BCUT2D eigenvalue weighted by molar-refractivity contribution is -0.0410. The van der Waals surface area contributed by atoms with Gasteiger partial charge in [0.15, 0.2) is 0 Å². The normalized spacial score (nSPS) is 26.8. The smallest absolute Gasteiger partial charge is 0.394 e. The fourth-order valence-corrected chi connectivity index (χ4v) is 2.88. The van der Waals surface area contributed by atoms with Gasteiger partial charge in [-0.1, -0.05) is 0 Å². The summed E-state index contributed by atoms with van der Waals surface area (Å²) in [5.74, 6) is 0. The zero-order chi connectivity index (χ0) is 14.9. The fraction of sp³-hybridized carbons (Fsp3) is 0.600. The Morgan fingerprint density at radius 1 is 1.65 bits per heavy atom. The van der Waals surface area contributed by atoms with E-state index in [1.807, 2.05) is 0 Å². The zero-order valence-corrected chi connectivity index (χ0v) is 12.3. The SMILES string of the molecule is Cc1cn(C2CC(O[P+](=O)S)[C@@H](CO)O2)c(=O)[nH]c1=O. The van der Waals surface area contributed by atoms with Crippen LogP contribution < -0.4 is 11.2 Å². The molecule has 0 amide bonds. The molecule has 0 aliphatic carbocycles. The number of H-pyrrole nitrogens is 1. The predicted molar refractivity (Wildman–Crippen MR) is 73.1 cm³/mol. The van der Waals surface area contributed by atoms with Gasteiger partial charge in [0.2, 0.25) is 0 Å². The van der Waals surface area contributed by atoms with Gasteiger partial charge in [0, 0.05) is 18.2 Å². The van der Waals surface area contributed by atoms with Gasteiger partial charge in [-0.3, -0.25) is 14.3 Å². The van der Waals surface area contributed by atoms with Gasteiger partial charge < -0.3 is 9.84 Å². The summed E-state index contributed by atoms with van der Waals surface area (Å²) in [5, 5.41) is 9.21. The van der Waals surface area contributed by atoms with Gasteiger partial charge in [-0.05, 0) is 11.5 Å². The van der Waals surface area contributed by atoms with Crippen LogP contribution in [0.5, 0.6) is 0 Å². The minimum Gasteiger partial charge on any atom is -0.394 e. The Labute approximate surface area is 119 Å². The molecular weight excluding hydrogens is 307 g/mol. The van der Waals surface area contributed by atoms with Crippen molar-refractivity contribution in [3.8, 4) is 0 Å². The molecule has 1 aliphatic heterocycles. The number of aromatic amines is 1. The molecule has 2 heterocycles. The lowest BCUT2D eigenvalue weighted by atomic mass is 10.2. The fourth-order valence-electron chi connectivity index (χ4n) is 2.06. The third kappa shape index (κ3) is 3.18. The second-order valence-electron chi connectivity index (χ2n) is 4.41. The lowest BCUT2D eigenvalue weighted by Gasteiger charge is -2.14. The van der Waals surface area contributed by atoms with E-state index in [1.165, 1.54) is 10.8 Å². The van der Waals surface area contributed by atoms with Crippen LogP contribution in [-0.2, 0) is 13.8 Å². The molecule has 1 saturated heterocycles. The Morgan fingerprint density at radius 2 is 2.35 bits per heavy atom. The highest BCUT2D eigenvalue weighted by molar-refractivity contribution is 8.39. The standard InChI is InChI=1S/C10H13N2O6PS/c1-5-3-12(10(15)11-9(5)14)8-2-6(18-19(16)20)7(4-13)17-8/h3,6-8,13H,2,4H2,1H3,(H-,11,14,15,16,20)/p+1/t6?,7-,8?/m1/s1. The van der Waals surface area contributed by atoms with Gasteiger partial charge in [0.25, 0.3) is 5.56 Å². The Bertz CT molecular complexity index is 629. The number of nitrogens with one attached hydrogen (secondary N) is 1. The molecule has 1 aromatic heterocycles. The van der Waals surface area contributed by atoms with Gasteiger partial charge in [-0.25, -0.2) is 4.79 Å². The van der Waals surface area contributed by atoms with Crippen LogP contribution in [0.4, 0.5) is 0 Å². The molecule has 3 unspecified atom stereocenters. The summed E-state index contributed by atoms with van der Waals surface area (Å²) in [4.78, 5) is 25.2. The maximum atomic E-state index is 11.8. The monoisotopic (exact) mass is 321 g/mol. The number of ether oxygens (including phenoxy) is 1. The van der Waals surface area contributed by atoms with Crippen LogP contribution in [0.3, 0.4) is 0 Å². The molecule has 0 bridgehead atoms. The lowest BCUT2D eigenvalue weighted by Crippen LogP contribution is -2.33. The molecule has 1 aromatic rings. The number of aliphatic hydroxyl groups excluding tert-OH is 1. The van der Waals surface area contributed by atoms with Crippen molar-refractivity contribution in [1.29, 1.82) is 0 Å². The average molecular weight is 321 g/mol. The molecule has 0 saturated carbocycles. The van der Waals surface area contributed by atoms with Gasteiger partial charge >= 0.3 is 12.9 Å². The van der Waals surface area contributed by atoms with Crippen LogP contribution in [-0.4, -0.2) is 33.5 Å². The summed E-state index contributed by atoms with van der Waals surface area (Å²) in [7, 11) is -2.14. The quantitative estimate of drug-likeness (QED) is 0.536. The molecule has 10 heteroatoms. The van der Waals surface area contributed by atoms with Crippen LogP contribution >= 0.6 is 19.5 Å². The molecule has 1 fully saturated rings. The first kappa shape index (κ1) is 15.4. The molecular formula is C10H14N2O6PS+. The topological polar surface area (TPSA) is 111 Å². The Kier molecular flexibility index (Phi) is 4.77. The van der Waals surface area contributed by atoms with Gasteiger partial charge in [0.1, 0.15) is 30.7 Å². The number of hydrogen-bond donors (Lipinski definition) is 3. The van der Waals surface area contributed by atoms with Gasteiger partial charge in [-0.2, -0.15) is 0 Å². The highest BCUT2D eigenvalue weighted by Gasteiger charge is 2.41. The molecule has 20 heavy (non-hydrogen) atoms. The number of aromatic nitrogens is 2. The minimum absolute atomic E-state index is 0.220. The first-order valence-corrected chi connectivity index (χ1v) is 8.16. The average Bonchev–Trinajstić information content (AvgIpc) is 2.75. The summed E-state index contributed by atoms with van der Waals surface area (Å²) in [6.07, 6.45) is -0.444. The summed E-state index contributed by atoms with van der Waals surface area (Å²) >= 11 is 3.65. The van der Waals surface area contributed by atoms with Crippen molar-refractivity contribution in [3.63, 3.8) is 0 Å². The van der Waals surface area contributed by atoms with E-state index in [1.54, 1.807) is 6.92 Å². The number of thiol groups is 1. The molecule has 8 nitrogen and oxygen atoms in total. The van der Waals surface area contributed by atoms with Crippen molar-refractivity contribution >= 4 is 19.5 Å². The summed E-state index contributed by atoms with van der Waals surface area (Å²) in [6, 6.07) is 0. The van der Waals surface area contributed by atoms with E-state index in [9.17, 15) is 19.3 Å². The summed E-state index contributed by atoms with van der Waals surface area (Å²) in [5.41, 5.74) is -0.717. The first-order valence-electron chi connectivity index (χ1n) is 5.83. The van der Waals surface area contributed by atoms with Crippen molar-refractivity contribution in [2.45, 2.75) is 31.8 Å². The second-order valence-corrected chi connectivity index (χ2v) is 6.07. The number of rotatable bonds is 4. The second kappa shape index (κ2) is 6.19. The van der Waals surface area contributed by atoms with E-state index in [2.05, 4.69) is 17.2 Å². The van der Waals surface area contributed by atoms with Crippen LogP contribution in [0.2, 0.25) is 0 Å². The minimum atomic E-state index is -2.14. The van der Waals surface area contributed by atoms with Crippen LogP contribution in [0.1, 0.15) is 18.2 Å². The highest BCUT2D eigenvalue weighted by atomic mass is 32.7. The van der Waals surface area contributed by atoms with Crippen molar-refractivity contribution in [3.05, 3.63) is 32.6 Å². The van der Waals surface area contributed by atoms with E-state index >= 15 is 0 Å². The predicted octanol–water partition coefficient (Wildman–Crippen LogP) is 0.0972. The number of aryl methyl sites for hydroxylation is 1. The molecule has 110 valence electrons. The third-order valence-electron chi connectivity index (χ3n) is 3.04. The maximum absolute atomic E-state index is 11.8. The number of nitrogens with zero attached hydrogens (tertiary/aromatic N) is 1. The molecule has 0 radical (unpaired) electrons. The molecule has 2 rings (SSSR count). The number of aliphatic hydroxyl groups is 1.